The van der Waals surface area contributed by atoms with Gasteiger partial charge in [0, 0.05) is 5.02 Å². The number of benzene rings is 1. The van der Waals surface area contributed by atoms with Crippen LogP contribution in [0.2, 0.25) is 5.02 Å². The molecule has 5 heteroatoms. The number of pyridine rings is 1. The van der Waals surface area contributed by atoms with E-state index in [0.717, 1.165) is 5.56 Å². The van der Waals surface area contributed by atoms with Gasteiger partial charge in [-0.1, -0.05) is 23.7 Å². The van der Waals surface area contributed by atoms with E-state index in [2.05, 4.69) is 4.98 Å². The Balaban J connectivity index is 2.51. The summed E-state index contributed by atoms with van der Waals surface area (Å²) in [6.45, 7) is 0. The van der Waals surface area contributed by atoms with Gasteiger partial charge < -0.3 is 10.8 Å². The zero-order valence-electron chi connectivity index (χ0n) is 8.72. The van der Waals surface area contributed by atoms with Crippen LogP contribution in [0.3, 0.4) is 0 Å². The predicted molar refractivity (Wildman–Crippen MR) is 66.1 cm³/mol. The number of carbonyl (C=O) groups is 1. The minimum atomic E-state index is -1.10. The second-order valence-electron chi connectivity index (χ2n) is 3.48. The Labute approximate surface area is 103 Å². The van der Waals surface area contributed by atoms with Crippen LogP contribution < -0.4 is 5.73 Å². The Bertz CT molecular complexity index is 567. The minimum absolute atomic E-state index is 0.0741. The lowest BCUT2D eigenvalue weighted by molar-refractivity contribution is 0.0690. The van der Waals surface area contributed by atoms with Crippen LogP contribution in [0, 0.1) is 0 Å². The molecule has 0 bridgehead atoms. The van der Waals surface area contributed by atoms with Crippen molar-refractivity contribution >= 4 is 23.4 Å². The van der Waals surface area contributed by atoms with Crippen LogP contribution in [0.5, 0.6) is 0 Å². The third-order valence-corrected chi connectivity index (χ3v) is 2.49. The Morgan fingerprint density at radius 2 is 1.82 bits per heavy atom. The topological polar surface area (TPSA) is 76.2 Å². The Morgan fingerprint density at radius 3 is 2.41 bits per heavy atom. The van der Waals surface area contributed by atoms with Crippen molar-refractivity contribution in [3.8, 4) is 11.1 Å². The van der Waals surface area contributed by atoms with Crippen LogP contribution in [0.4, 0.5) is 5.82 Å². The number of nitrogens with zero attached hydrogens (tertiary/aromatic N) is 1. The first kappa shape index (κ1) is 11.4. The third kappa shape index (κ3) is 2.54. The molecule has 17 heavy (non-hydrogen) atoms. The highest BCUT2D eigenvalue weighted by atomic mass is 35.5. The Kier molecular flexibility index (Phi) is 2.97. The molecule has 4 nitrogen and oxygen atoms in total. The molecule has 2 aromatic rings. The Morgan fingerprint density at radius 1 is 1.18 bits per heavy atom. The van der Waals surface area contributed by atoms with E-state index in [0.29, 0.717) is 10.6 Å². The number of carboxylic acid groups (broad SMARTS) is 1. The summed E-state index contributed by atoms with van der Waals surface area (Å²) in [5.74, 6) is -0.928. The number of nitrogens with two attached hydrogens (primary N) is 1. The smallest absolute Gasteiger partial charge is 0.354 e. The molecular formula is C12H9ClN2O2. The SMILES string of the molecule is Nc1cc(-c2ccc(Cl)cc2)cc(C(=O)O)n1. The average molecular weight is 249 g/mol. The molecule has 0 spiro atoms. The van der Waals surface area contributed by atoms with Gasteiger partial charge in [-0.2, -0.15) is 0 Å². The highest BCUT2D eigenvalue weighted by Crippen LogP contribution is 2.23. The van der Waals surface area contributed by atoms with E-state index in [1.165, 1.54) is 6.07 Å². The van der Waals surface area contributed by atoms with Crippen LogP contribution in [0.15, 0.2) is 36.4 Å². The van der Waals surface area contributed by atoms with Crippen LogP contribution >= 0.6 is 11.6 Å². The van der Waals surface area contributed by atoms with Crippen LogP contribution in [-0.4, -0.2) is 16.1 Å². The third-order valence-electron chi connectivity index (χ3n) is 2.24. The summed E-state index contributed by atoms with van der Waals surface area (Å²) in [6, 6.07) is 10.1. The molecule has 0 amide bonds. The molecule has 0 unspecified atom stereocenters. The molecule has 0 atom stereocenters. The van der Waals surface area contributed by atoms with Crippen molar-refractivity contribution in [2.45, 2.75) is 0 Å². The lowest BCUT2D eigenvalue weighted by Crippen LogP contribution is -2.03. The zero-order valence-corrected chi connectivity index (χ0v) is 9.48. The van der Waals surface area contributed by atoms with Crippen LogP contribution in [0.25, 0.3) is 11.1 Å². The van der Waals surface area contributed by atoms with Crippen molar-refractivity contribution in [2.75, 3.05) is 5.73 Å². The van der Waals surface area contributed by atoms with E-state index in [1.54, 1.807) is 30.3 Å². The maximum atomic E-state index is 10.9. The average Bonchev–Trinajstić information content (AvgIpc) is 2.29. The Hall–Kier alpha value is -2.07. The van der Waals surface area contributed by atoms with Gasteiger partial charge in [-0.15, -0.1) is 0 Å². The highest BCUT2D eigenvalue weighted by molar-refractivity contribution is 6.30. The van der Waals surface area contributed by atoms with Crippen molar-refractivity contribution in [2.24, 2.45) is 0 Å². The molecule has 0 saturated carbocycles. The summed E-state index contributed by atoms with van der Waals surface area (Å²) in [5, 5.41) is 9.51. The van der Waals surface area contributed by atoms with Crippen molar-refractivity contribution in [1.82, 2.24) is 4.98 Å². The van der Waals surface area contributed by atoms with Gasteiger partial charge in [-0.25, -0.2) is 9.78 Å². The van der Waals surface area contributed by atoms with Crippen molar-refractivity contribution < 1.29 is 9.90 Å². The van der Waals surface area contributed by atoms with E-state index in [4.69, 9.17) is 22.4 Å². The van der Waals surface area contributed by atoms with E-state index in [9.17, 15) is 4.79 Å². The number of nitrogen functional groups attached to an aromatic ring is 1. The highest BCUT2D eigenvalue weighted by Gasteiger charge is 2.08. The minimum Gasteiger partial charge on any atom is -0.477 e. The van der Waals surface area contributed by atoms with E-state index in [1.807, 2.05) is 0 Å². The number of hydrogen-bond acceptors (Lipinski definition) is 3. The number of aromatic nitrogens is 1. The van der Waals surface area contributed by atoms with Gasteiger partial charge >= 0.3 is 5.97 Å². The quantitative estimate of drug-likeness (QED) is 0.857. The summed E-state index contributed by atoms with van der Waals surface area (Å²) in [5.41, 5.74) is 7.03. The first-order valence-electron chi connectivity index (χ1n) is 4.83. The summed E-state index contributed by atoms with van der Waals surface area (Å²) in [6.07, 6.45) is 0. The number of carboxylic acids is 1. The number of hydrogen-bond donors (Lipinski definition) is 2. The van der Waals surface area contributed by atoms with Crippen molar-refractivity contribution in [3.05, 3.63) is 47.1 Å². The maximum Gasteiger partial charge on any atom is 0.354 e. The first-order chi connectivity index (χ1) is 8.06. The second-order valence-corrected chi connectivity index (χ2v) is 3.91. The first-order valence-corrected chi connectivity index (χ1v) is 5.21. The molecule has 0 radical (unpaired) electrons. The van der Waals surface area contributed by atoms with Crippen LogP contribution in [-0.2, 0) is 0 Å². The molecule has 0 saturated heterocycles. The molecule has 0 fully saturated rings. The normalized spacial score (nSPS) is 10.2. The summed E-state index contributed by atoms with van der Waals surface area (Å²) in [7, 11) is 0. The van der Waals surface area contributed by atoms with E-state index in [-0.39, 0.29) is 11.5 Å². The number of aromatic carboxylic acids is 1. The maximum absolute atomic E-state index is 10.9. The van der Waals surface area contributed by atoms with Gasteiger partial charge in [-0.05, 0) is 35.4 Å². The standard InChI is InChI=1S/C12H9ClN2O2/c13-9-3-1-7(2-4-9)8-5-10(12(16)17)15-11(14)6-8/h1-6H,(H2,14,15)(H,16,17). The number of halogens is 1. The number of anilines is 1. The lowest BCUT2D eigenvalue weighted by Gasteiger charge is -2.04. The molecular weight excluding hydrogens is 240 g/mol. The lowest BCUT2D eigenvalue weighted by atomic mass is 10.1. The van der Waals surface area contributed by atoms with Crippen LogP contribution in [0.1, 0.15) is 10.5 Å². The number of rotatable bonds is 2. The fourth-order valence-electron chi connectivity index (χ4n) is 1.47. The molecule has 1 heterocycles. The zero-order chi connectivity index (χ0) is 12.4. The largest absolute Gasteiger partial charge is 0.477 e. The van der Waals surface area contributed by atoms with Gasteiger partial charge in [-0.3, -0.25) is 0 Å². The fraction of sp³-hybridized carbons (Fsp3) is 0. The molecule has 0 aliphatic heterocycles. The van der Waals surface area contributed by atoms with E-state index >= 15 is 0 Å². The van der Waals surface area contributed by atoms with Crippen molar-refractivity contribution in [3.63, 3.8) is 0 Å². The summed E-state index contributed by atoms with van der Waals surface area (Å²) in [4.78, 5) is 14.6. The summed E-state index contributed by atoms with van der Waals surface area (Å²) >= 11 is 5.78. The predicted octanol–water partition coefficient (Wildman–Crippen LogP) is 2.68. The molecule has 1 aromatic heterocycles. The van der Waals surface area contributed by atoms with Gasteiger partial charge in [0.1, 0.15) is 5.82 Å². The molecule has 0 aliphatic rings. The summed E-state index contributed by atoms with van der Waals surface area (Å²) < 4.78 is 0. The van der Waals surface area contributed by atoms with E-state index < -0.39 is 5.97 Å². The molecule has 86 valence electrons. The van der Waals surface area contributed by atoms with Crippen molar-refractivity contribution in [1.29, 1.82) is 0 Å². The molecule has 0 aliphatic carbocycles. The van der Waals surface area contributed by atoms with Gasteiger partial charge in [0.25, 0.3) is 0 Å². The van der Waals surface area contributed by atoms with Gasteiger partial charge in [0.2, 0.25) is 0 Å². The molecule has 3 N–H and O–H groups in total. The van der Waals surface area contributed by atoms with Gasteiger partial charge in [0.05, 0.1) is 0 Å². The fourth-order valence-corrected chi connectivity index (χ4v) is 1.60. The monoisotopic (exact) mass is 248 g/mol. The molecule has 2 rings (SSSR count). The second kappa shape index (κ2) is 4.43. The molecule has 1 aromatic carbocycles. The van der Waals surface area contributed by atoms with Gasteiger partial charge in [0.15, 0.2) is 5.69 Å².